The molecule has 0 atom stereocenters. The third kappa shape index (κ3) is 3.68. The normalized spacial score (nSPS) is 12.5. The van der Waals surface area contributed by atoms with Gasteiger partial charge in [-0.1, -0.05) is 22.0 Å². The highest BCUT2D eigenvalue weighted by atomic mass is 79.9. The van der Waals surface area contributed by atoms with E-state index in [-0.39, 0.29) is 17.9 Å². The maximum Gasteiger partial charge on any atom is 0.338 e. The van der Waals surface area contributed by atoms with Crippen molar-refractivity contribution in [3.63, 3.8) is 0 Å². The fourth-order valence-corrected chi connectivity index (χ4v) is 3.24. The molecule has 2 aromatic carbocycles. The Labute approximate surface area is 169 Å². The summed E-state index contributed by atoms with van der Waals surface area (Å²) in [6.45, 7) is 0.0225. The predicted molar refractivity (Wildman–Crippen MR) is 104 cm³/mol. The zero-order valence-corrected chi connectivity index (χ0v) is 17.0. The Morgan fingerprint density at radius 3 is 2.32 bits per heavy atom. The fourth-order valence-electron chi connectivity index (χ4n) is 2.78. The lowest BCUT2D eigenvalue weighted by molar-refractivity contribution is -0.133. The monoisotopic (exact) mass is 448 g/mol. The summed E-state index contributed by atoms with van der Waals surface area (Å²) >= 11 is 3.46. The maximum absolute atomic E-state index is 12.6. The molecule has 1 heterocycles. The van der Waals surface area contributed by atoms with E-state index in [1.165, 1.54) is 27.4 Å². The van der Waals surface area contributed by atoms with Crippen LogP contribution in [0, 0.1) is 0 Å². The van der Waals surface area contributed by atoms with Crippen LogP contribution in [0.2, 0.25) is 0 Å². The molecule has 0 radical (unpaired) electrons. The van der Waals surface area contributed by atoms with Crippen molar-refractivity contribution < 1.29 is 33.3 Å². The average Bonchev–Trinajstić information content (AvgIpc) is 3.18. The smallest absolute Gasteiger partial charge is 0.338 e. The van der Waals surface area contributed by atoms with Gasteiger partial charge in [0.2, 0.25) is 6.79 Å². The number of hydrogen-bond acceptors (Lipinski definition) is 7. The van der Waals surface area contributed by atoms with Gasteiger partial charge in [-0.05, 0) is 30.3 Å². The molecular formula is C20H17BrO7. The van der Waals surface area contributed by atoms with Gasteiger partial charge in [0.15, 0.2) is 11.5 Å². The first-order valence-electron chi connectivity index (χ1n) is 8.15. The number of ether oxygens (including phenoxy) is 5. The van der Waals surface area contributed by atoms with Gasteiger partial charge in [0.05, 0.1) is 32.5 Å². The number of methoxy groups -OCH3 is 3. The van der Waals surface area contributed by atoms with Crippen molar-refractivity contribution in [3.05, 3.63) is 51.5 Å². The predicted octanol–water partition coefficient (Wildman–Crippen LogP) is 3.69. The Kier molecular flexibility index (Phi) is 5.89. The maximum atomic E-state index is 12.6. The highest BCUT2D eigenvalue weighted by Gasteiger charge is 2.27. The minimum Gasteiger partial charge on any atom is -0.496 e. The lowest BCUT2D eigenvalue weighted by Crippen LogP contribution is -2.11. The first-order chi connectivity index (χ1) is 13.5. The molecule has 7 nitrogen and oxygen atoms in total. The molecule has 1 aliphatic rings. The number of carbonyl (C=O) groups excluding carboxylic acids is 2. The summed E-state index contributed by atoms with van der Waals surface area (Å²) < 4.78 is 26.7. The van der Waals surface area contributed by atoms with Gasteiger partial charge >= 0.3 is 11.9 Å². The van der Waals surface area contributed by atoms with Gasteiger partial charge in [-0.15, -0.1) is 0 Å². The summed E-state index contributed by atoms with van der Waals surface area (Å²) in [4.78, 5) is 25.0. The van der Waals surface area contributed by atoms with Crippen LogP contribution in [0.15, 0.2) is 34.8 Å². The lowest BCUT2D eigenvalue weighted by Gasteiger charge is -2.13. The molecule has 1 aliphatic heterocycles. The number of esters is 2. The molecule has 8 heteroatoms. The number of carbonyl (C=O) groups is 2. The van der Waals surface area contributed by atoms with Crippen molar-refractivity contribution in [2.24, 2.45) is 0 Å². The highest BCUT2D eigenvalue weighted by Crippen LogP contribution is 2.39. The zero-order chi connectivity index (χ0) is 20.3. The summed E-state index contributed by atoms with van der Waals surface area (Å²) in [7, 11) is 4.05. The van der Waals surface area contributed by atoms with Crippen LogP contribution >= 0.6 is 15.9 Å². The molecule has 0 aromatic heterocycles. The van der Waals surface area contributed by atoms with Crippen molar-refractivity contribution in [1.29, 1.82) is 0 Å². The molecule has 0 aliphatic carbocycles. The van der Waals surface area contributed by atoms with Gasteiger partial charge in [-0.2, -0.15) is 0 Å². The van der Waals surface area contributed by atoms with E-state index < -0.39 is 11.9 Å². The molecule has 0 saturated carbocycles. The van der Waals surface area contributed by atoms with Crippen molar-refractivity contribution >= 4 is 39.5 Å². The Balaban J connectivity index is 2.27. The van der Waals surface area contributed by atoms with Crippen LogP contribution in [-0.2, 0) is 14.3 Å². The first-order valence-corrected chi connectivity index (χ1v) is 8.94. The van der Waals surface area contributed by atoms with Crippen molar-refractivity contribution in [2.45, 2.75) is 0 Å². The van der Waals surface area contributed by atoms with Gasteiger partial charge in [-0.3, -0.25) is 0 Å². The largest absolute Gasteiger partial charge is 0.496 e. The summed E-state index contributed by atoms with van der Waals surface area (Å²) in [5, 5.41) is 0. The molecule has 2 aromatic rings. The summed E-state index contributed by atoms with van der Waals surface area (Å²) in [6.07, 6.45) is 1.58. The van der Waals surface area contributed by atoms with E-state index >= 15 is 0 Å². The highest BCUT2D eigenvalue weighted by molar-refractivity contribution is 9.10. The van der Waals surface area contributed by atoms with Gasteiger partial charge < -0.3 is 23.7 Å². The standard InChI is InChI=1S/C20H17BrO7/c1-24-16-6-4-5-15(21)14(16)7-12(19(22)25-2)11-8-17-18(28-10-27-17)9-13(11)20(23)26-3/h4-9H,10H2,1-3H3/b12-7+. The van der Waals surface area contributed by atoms with E-state index in [1.54, 1.807) is 24.3 Å². The quantitative estimate of drug-likeness (QED) is 0.391. The van der Waals surface area contributed by atoms with E-state index in [0.717, 1.165) is 0 Å². The Hall–Kier alpha value is -3.00. The van der Waals surface area contributed by atoms with Gasteiger partial charge in [0.1, 0.15) is 5.75 Å². The second-order valence-corrected chi connectivity index (χ2v) is 6.50. The molecule has 0 amide bonds. The van der Waals surface area contributed by atoms with Crippen LogP contribution in [0.4, 0.5) is 0 Å². The van der Waals surface area contributed by atoms with Crippen LogP contribution in [-0.4, -0.2) is 40.1 Å². The summed E-state index contributed by atoms with van der Waals surface area (Å²) in [5.41, 5.74) is 1.18. The number of halogens is 1. The molecule has 146 valence electrons. The second-order valence-electron chi connectivity index (χ2n) is 5.65. The van der Waals surface area contributed by atoms with Gasteiger partial charge in [0.25, 0.3) is 0 Å². The van der Waals surface area contributed by atoms with Crippen molar-refractivity contribution in [1.82, 2.24) is 0 Å². The lowest BCUT2D eigenvalue weighted by atomic mass is 9.96. The fraction of sp³-hybridized carbons (Fsp3) is 0.200. The minimum atomic E-state index is -0.637. The molecule has 3 rings (SSSR count). The Morgan fingerprint density at radius 1 is 1.04 bits per heavy atom. The van der Waals surface area contributed by atoms with Gasteiger partial charge in [0, 0.05) is 15.6 Å². The SMILES string of the molecule is COC(=O)/C(=C/c1c(Br)cccc1OC)c1cc2c(cc1C(=O)OC)OCO2. The van der Waals surface area contributed by atoms with Gasteiger partial charge in [-0.25, -0.2) is 9.59 Å². The van der Waals surface area contributed by atoms with Crippen molar-refractivity contribution in [2.75, 3.05) is 28.1 Å². The summed E-state index contributed by atoms with van der Waals surface area (Å²) in [6, 6.07) is 8.41. The van der Waals surface area contributed by atoms with Crippen LogP contribution in [0.5, 0.6) is 17.2 Å². The number of hydrogen-bond donors (Lipinski definition) is 0. The molecule has 0 N–H and O–H groups in total. The Bertz CT molecular complexity index is 965. The van der Waals surface area contributed by atoms with Crippen LogP contribution in [0.1, 0.15) is 21.5 Å². The minimum absolute atomic E-state index is 0.0225. The molecule has 0 spiro atoms. The molecular weight excluding hydrogens is 432 g/mol. The Morgan fingerprint density at radius 2 is 1.71 bits per heavy atom. The number of fused-ring (bicyclic) bond motifs is 1. The van der Waals surface area contributed by atoms with E-state index in [2.05, 4.69) is 15.9 Å². The molecule has 28 heavy (non-hydrogen) atoms. The molecule has 0 bridgehead atoms. The number of benzene rings is 2. The van der Waals surface area contributed by atoms with Crippen LogP contribution in [0.3, 0.4) is 0 Å². The van der Waals surface area contributed by atoms with E-state index in [0.29, 0.717) is 32.8 Å². The topological polar surface area (TPSA) is 80.3 Å². The zero-order valence-electron chi connectivity index (χ0n) is 15.4. The average molecular weight is 449 g/mol. The van der Waals surface area contributed by atoms with Crippen LogP contribution < -0.4 is 14.2 Å². The van der Waals surface area contributed by atoms with Crippen LogP contribution in [0.25, 0.3) is 11.6 Å². The summed E-state index contributed by atoms with van der Waals surface area (Å²) in [5.74, 6) is 0.0866. The number of rotatable bonds is 5. The molecule has 0 saturated heterocycles. The molecule has 0 fully saturated rings. The third-order valence-electron chi connectivity index (χ3n) is 4.14. The first kappa shape index (κ1) is 19.8. The van der Waals surface area contributed by atoms with Crippen molar-refractivity contribution in [3.8, 4) is 17.2 Å². The van der Waals surface area contributed by atoms with E-state index in [9.17, 15) is 9.59 Å². The van der Waals surface area contributed by atoms with E-state index in [1.807, 2.05) is 6.07 Å². The third-order valence-corrected chi connectivity index (χ3v) is 4.83. The second kappa shape index (κ2) is 8.35. The van der Waals surface area contributed by atoms with E-state index in [4.69, 9.17) is 23.7 Å². The molecule has 0 unspecified atom stereocenters.